The van der Waals surface area contributed by atoms with Crippen LogP contribution in [0.4, 0.5) is 5.69 Å². The second-order valence-corrected chi connectivity index (χ2v) is 11.6. The van der Waals surface area contributed by atoms with Gasteiger partial charge < -0.3 is 20.1 Å². The summed E-state index contributed by atoms with van der Waals surface area (Å²) in [5, 5.41) is 19.4. The number of piperidine rings is 1. The number of benzene rings is 1. The fraction of sp³-hybridized carbons (Fsp3) is 0.571. The zero-order valence-electron chi connectivity index (χ0n) is 22.4. The van der Waals surface area contributed by atoms with E-state index in [0.29, 0.717) is 19.4 Å². The molecule has 0 bridgehead atoms. The molecule has 1 amide bonds. The number of nitriles is 1. The number of aryl methyl sites for hydroxylation is 1. The van der Waals surface area contributed by atoms with Crippen molar-refractivity contribution in [2.75, 3.05) is 18.5 Å². The maximum absolute atomic E-state index is 13.1. The van der Waals surface area contributed by atoms with Crippen molar-refractivity contribution in [3.8, 4) is 6.07 Å². The molecule has 3 saturated heterocycles. The van der Waals surface area contributed by atoms with Crippen molar-refractivity contribution in [1.29, 1.82) is 5.26 Å². The van der Waals surface area contributed by atoms with Crippen molar-refractivity contribution in [2.24, 2.45) is 5.92 Å². The molecular formula is C28H36N6O4. The minimum atomic E-state index is -0.672. The third-order valence-corrected chi connectivity index (χ3v) is 7.59. The molecule has 0 spiro atoms. The third kappa shape index (κ3) is 5.19. The maximum Gasteiger partial charge on any atom is 0.335 e. The Bertz CT molecular complexity index is 1260. The highest BCUT2D eigenvalue weighted by Crippen LogP contribution is 2.40. The predicted octanol–water partition coefficient (Wildman–Crippen LogP) is 2.78. The van der Waals surface area contributed by atoms with Crippen LogP contribution in [0.1, 0.15) is 52.1 Å². The van der Waals surface area contributed by atoms with Gasteiger partial charge in [-0.3, -0.25) is 9.78 Å². The van der Waals surface area contributed by atoms with Crippen molar-refractivity contribution < 1.29 is 19.1 Å². The Labute approximate surface area is 223 Å². The van der Waals surface area contributed by atoms with Crippen LogP contribution in [0.25, 0.3) is 10.9 Å². The van der Waals surface area contributed by atoms with E-state index in [4.69, 9.17) is 9.47 Å². The van der Waals surface area contributed by atoms with E-state index in [1.54, 1.807) is 0 Å². The molecule has 0 aliphatic carbocycles. The molecule has 3 fully saturated rings. The van der Waals surface area contributed by atoms with Crippen LogP contribution in [-0.4, -0.2) is 64.5 Å². The van der Waals surface area contributed by atoms with Crippen LogP contribution < -0.4 is 16.1 Å². The lowest BCUT2D eigenvalue weighted by Gasteiger charge is -2.47. The van der Waals surface area contributed by atoms with Gasteiger partial charge in [-0.05, 0) is 71.2 Å². The average Bonchev–Trinajstić information content (AvgIpc) is 3.24. The standard InChI is InChI=1S/C28H36N6O4/c1-17-5-6-18-15-19(7-8-20(18)31-17)32-24-23-21(10-14-30-25(23)35)34(33-24)28(12-13-29)11-9-22(37-16-28)26(36)38-27(2,3)4/h5-8,15,21-24,32-33H,9-12,14,16H2,1-4H3,(H,30,35)/t21?,22-,23?,24?,28-/m0/s1. The second-order valence-electron chi connectivity index (χ2n) is 11.6. The van der Waals surface area contributed by atoms with Crippen molar-refractivity contribution in [3.63, 3.8) is 0 Å². The van der Waals surface area contributed by atoms with Crippen LogP contribution in [0.5, 0.6) is 0 Å². The van der Waals surface area contributed by atoms with Gasteiger partial charge in [-0.1, -0.05) is 6.07 Å². The molecule has 38 heavy (non-hydrogen) atoms. The highest BCUT2D eigenvalue weighted by atomic mass is 16.6. The SMILES string of the molecule is Cc1ccc2cc(NC3NN([C@]4(CC#N)CC[C@@H](C(=O)OC(C)(C)C)OC4)C4CCNC(=O)C34)ccc2n1. The Morgan fingerprint density at radius 3 is 2.84 bits per heavy atom. The summed E-state index contributed by atoms with van der Waals surface area (Å²) in [5.41, 5.74) is 5.02. The largest absolute Gasteiger partial charge is 0.458 e. The summed E-state index contributed by atoms with van der Waals surface area (Å²) in [6.45, 7) is 8.21. The molecule has 5 rings (SSSR count). The lowest BCUT2D eigenvalue weighted by molar-refractivity contribution is -0.180. The number of nitrogens with one attached hydrogen (secondary N) is 3. The monoisotopic (exact) mass is 520 g/mol. The zero-order valence-corrected chi connectivity index (χ0v) is 22.4. The minimum Gasteiger partial charge on any atom is -0.458 e. The lowest BCUT2D eigenvalue weighted by Crippen LogP contribution is -2.63. The molecule has 3 aliphatic heterocycles. The van der Waals surface area contributed by atoms with Gasteiger partial charge in [0.2, 0.25) is 5.91 Å². The van der Waals surface area contributed by atoms with Crippen LogP contribution in [0, 0.1) is 24.2 Å². The molecule has 3 N–H and O–H groups in total. The van der Waals surface area contributed by atoms with Gasteiger partial charge >= 0.3 is 5.97 Å². The molecule has 10 nitrogen and oxygen atoms in total. The van der Waals surface area contributed by atoms with Crippen molar-refractivity contribution >= 4 is 28.5 Å². The van der Waals surface area contributed by atoms with E-state index in [2.05, 4.69) is 32.1 Å². The highest BCUT2D eigenvalue weighted by molar-refractivity contribution is 5.84. The van der Waals surface area contributed by atoms with Crippen molar-refractivity contribution in [3.05, 3.63) is 36.0 Å². The number of ether oxygens (including phenoxy) is 2. The van der Waals surface area contributed by atoms with Gasteiger partial charge in [0.05, 0.1) is 36.1 Å². The molecule has 4 heterocycles. The average molecular weight is 521 g/mol. The molecule has 3 aliphatic rings. The molecule has 0 radical (unpaired) electrons. The van der Waals surface area contributed by atoms with Crippen molar-refractivity contribution in [2.45, 2.75) is 82.8 Å². The van der Waals surface area contributed by atoms with E-state index in [-0.39, 0.29) is 43.0 Å². The minimum absolute atomic E-state index is 0.0257. The van der Waals surface area contributed by atoms with Gasteiger partial charge in [0.15, 0.2) is 6.10 Å². The Balaban J connectivity index is 1.37. The fourth-order valence-corrected chi connectivity index (χ4v) is 5.84. The summed E-state index contributed by atoms with van der Waals surface area (Å²) in [5.74, 6) is -0.773. The fourth-order valence-electron chi connectivity index (χ4n) is 5.84. The highest BCUT2D eigenvalue weighted by Gasteiger charge is 2.56. The summed E-state index contributed by atoms with van der Waals surface area (Å²) < 4.78 is 11.6. The first-order chi connectivity index (χ1) is 18.1. The van der Waals surface area contributed by atoms with Crippen LogP contribution in [0.3, 0.4) is 0 Å². The third-order valence-electron chi connectivity index (χ3n) is 7.59. The number of carbonyl (C=O) groups excluding carboxylic acids is 2. The molecule has 202 valence electrons. The second kappa shape index (κ2) is 10.1. The van der Waals surface area contributed by atoms with Gasteiger partial charge in [0.1, 0.15) is 11.8 Å². The van der Waals surface area contributed by atoms with E-state index in [1.807, 2.05) is 58.0 Å². The first-order valence-electron chi connectivity index (χ1n) is 13.3. The molecule has 2 aromatic rings. The molecule has 1 aromatic carbocycles. The van der Waals surface area contributed by atoms with Gasteiger partial charge in [-0.15, -0.1) is 0 Å². The number of pyridine rings is 1. The number of aromatic nitrogens is 1. The maximum atomic E-state index is 13.1. The van der Waals surface area contributed by atoms with Gasteiger partial charge in [0.25, 0.3) is 0 Å². The number of anilines is 1. The normalized spacial score (nSPS) is 29.8. The van der Waals surface area contributed by atoms with Crippen LogP contribution >= 0.6 is 0 Å². The smallest absolute Gasteiger partial charge is 0.335 e. The molecule has 0 saturated carbocycles. The molecular weight excluding hydrogens is 484 g/mol. The number of nitrogens with zero attached hydrogens (tertiary/aromatic N) is 3. The van der Waals surface area contributed by atoms with E-state index in [1.165, 1.54) is 0 Å². The number of hydrogen-bond acceptors (Lipinski definition) is 9. The number of hydrogen-bond donors (Lipinski definition) is 3. The topological polar surface area (TPSA) is 129 Å². The number of rotatable bonds is 5. The molecule has 5 atom stereocenters. The lowest BCUT2D eigenvalue weighted by atomic mass is 9.83. The Morgan fingerprint density at radius 2 is 2.13 bits per heavy atom. The molecule has 3 unspecified atom stereocenters. The summed E-state index contributed by atoms with van der Waals surface area (Å²) in [4.78, 5) is 30.3. The number of hydrazine groups is 1. The summed E-state index contributed by atoms with van der Waals surface area (Å²) in [6, 6.07) is 12.2. The first-order valence-corrected chi connectivity index (χ1v) is 13.3. The number of esters is 1. The number of amides is 1. The summed E-state index contributed by atoms with van der Waals surface area (Å²) >= 11 is 0. The summed E-state index contributed by atoms with van der Waals surface area (Å²) in [6.07, 6.45) is 0.905. The van der Waals surface area contributed by atoms with Gasteiger partial charge in [0, 0.05) is 29.4 Å². The van der Waals surface area contributed by atoms with Gasteiger partial charge in [-0.2, -0.15) is 5.26 Å². The van der Waals surface area contributed by atoms with Gasteiger partial charge in [-0.25, -0.2) is 15.2 Å². The van der Waals surface area contributed by atoms with E-state index in [9.17, 15) is 14.9 Å². The number of carbonyl (C=O) groups is 2. The summed E-state index contributed by atoms with van der Waals surface area (Å²) in [7, 11) is 0. The molecule has 1 aromatic heterocycles. The van der Waals surface area contributed by atoms with Crippen molar-refractivity contribution in [1.82, 2.24) is 20.7 Å². The van der Waals surface area contributed by atoms with E-state index in [0.717, 1.165) is 28.7 Å². The Hall–Kier alpha value is -3.26. The van der Waals surface area contributed by atoms with Crippen LogP contribution in [0.2, 0.25) is 0 Å². The first kappa shape index (κ1) is 26.4. The Morgan fingerprint density at radius 1 is 1.32 bits per heavy atom. The molecule has 10 heteroatoms. The van der Waals surface area contributed by atoms with E-state index < -0.39 is 17.2 Å². The van der Waals surface area contributed by atoms with Crippen LogP contribution in [0.15, 0.2) is 30.3 Å². The number of fused-ring (bicyclic) bond motifs is 2. The quantitative estimate of drug-likeness (QED) is 0.510. The Kier molecular flexibility index (Phi) is 7.03. The predicted molar refractivity (Wildman–Crippen MR) is 142 cm³/mol. The zero-order chi connectivity index (χ0) is 27.1. The van der Waals surface area contributed by atoms with E-state index >= 15 is 0 Å². The van der Waals surface area contributed by atoms with Crippen LogP contribution in [-0.2, 0) is 19.1 Å².